The van der Waals surface area contributed by atoms with Gasteiger partial charge in [0.05, 0.1) is 5.69 Å². The summed E-state index contributed by atoms with van der Waals surface area (Å²) < 4.78 is 0. The lowest BCUT2D eigenvalue weighted by Gasteiger charge is -2.02. The Morgan fingerprint density at radius 2 is 2.05 bits per heavy atom. The van der Waals surface area contributed by atoms with E-state index in [9.17, 15) is 0 Å². The van der Waals surface area contributed by atoms with Crippen LogP contribution in [-0.4, -0.2) is 25.1 Å². The number of hydrogen-bond acceptors (Lipinski definition) is 4. The van der Waals surface area contributed by atoms with Gasteiger partial charge in [0.2, 0.25) is 0 Å². The minimum Gasteiger partial charge on any atom is -0.264 e. The van der Waals surface area contributed by atoms with Crippen LogP contribution in [0.3, 0.4) is 0 Å². The topological polar surface area (TPSA) is 67.3 Å². The van der Waals surface area contributed by atoms with Gasteiger partial charge < -0.3 is 0 Å². The van der Waals surface area contributed by atoms with Crippen LogP contribution < -0.4 is 0 Å². The van der Waals surface area contributed by atoms with Gasteiger partial charge in [0.25, 0.3) is 0 Å². The molecule has 0 unspecified atom stereocenters. The number of rotatable bonds is 5. The van der Waals surface area contributed by atoms with Gasteiger partial charge in [-0.3, -0.25) is 15.1 Å². The van der Waals surface area contributed by atoms with Crippen molar-refractivity contribution < 1.29 is 0 Å². The first kappa shape index (κ1) is 14.4. The van der Waals surface area contributed by atoms with Gasteiger partial charge in [-0.1, -0.05) is 19.9 Å². The Morgan fingerprint density at radius 3 is 2.73 bits per heavy atom. The van der Waals surface area contributed by atoms with Crippen molar-refractivity contribution in [2.24, 2.45) is 5.92 Å². The van der Waals surface area contributed by atoms with E-state index in [2.05, 4.69) is 45.1 Å². The zero-order valence-corrected chi connectivity index (χ0v) is 12.8. The quantitative estimate of drug-likeness (QED) is 0.785. The standard InChI is InChI=1S/C17H19N5/c1-12(2)8-16-20-17(22-21-16)9-13-5-6-15(19-10-13)14-4-3-7-18-11-14/h3-7,10-12H,8-9H2,1-2H3,(H,20,21,22). The second-order valence-corrected chi connectivity index (χ2v) is 5.77. The summed E-state index contributed by atoms with van der Waals surface area (Å²) in [5, 5.41) is 7.26. The van der Waals surface area contributed by atoms with Crippen molar-refractivity contribution in [1.29, 1.82) is 0 Å². The van der Waals surface area contributed by atoms with E-state index < -0.39 is 0 Å². The van der Waals surface area contributed by atoms with Crippen molar-refractivity contribution in [3.63, 3.8) is 0 Å². The third-order valence-corrected chi connectivity index (χ3v) is 3.32. The second kappa shape index (κ2) is 6.47. The maximum absolute atomic E-state index is 4.52. The lowest BCUT2D eigenvalue weighted by molar-refractivity contribution is 0.622. The van der Waals surface area contributed by atoms with E-state index in [4.69, 9.17) is 0 Å². The molecule has 0 radical (unpaired) electrons. The molecule has 3 aromatic rings. The summed E-state index contributed by atoms with van der Waals surface area (Å²) >= 11 is 0. The fourth-order valence-corrected chi connectivity index (χ4v) is 2.28. The highest BCUT2D eigenvalue weighted by Crippen LogP contribution is 2.16. The Balaban J connectivity index is 1.70. The molecule has 0 aliphatic rings. The van der Waals surface area contributed by atoms with Crippen molar-refractivity contribution in [2.75, 3.05) is 0 Å². The van der Waals surface area contributed by atoms with Gasteiger partial charge in [-0.25, -0.2) is 4.98 Å². The summed E-state index contributed by atoms with van der Waals surface area (Å²) in [7, 11) is 0. The Hall–Kier alpha value is -2.56. The third-order valence-electron chi connectivity index (χ3n) is 3.32. The SMILES string of the molecule is CC(C)Cc1n[nH]c(Cc2ccc(-c3cccnc3)nc2)n1. The molecule has 0 aliphatic carbocycles. The lowest BCUT2D eigenvalue weighted by atomic mass is 10.1. The van der Waals surface area contributed by atoms with Crippen molar-refractivity contribution >= 4 is 0 Å². The van der Waals surface area contributed by atoms with Crippen LogP contribution in [0.5, 0.6) is 0 Å². The average Bonchev–Trinajstić information content (AvgIpc) is 2.95. The fraction of sp³-hybridized carbons (Fsp3) is 0.294. The molecule has 5 nitrogen and oxygen atoms in total. The van der Waals surface area contributed by atoms with E-state index in [-0.39, 0.29) is 0 Å². The molecule has 0 atom stereocenters. The molecule has 0 aliphatic heterocycles. The average molecular weight is 293 g/mol. The first-order valence-electron chi connectivity index (χ1n) is 7.46. The second-order valence-electron chi connectivity index (χ2n) is 5.77. The van der Waals surface area contributed by atoms with Gasteiger partial charge in [-0.15, -0.1) is 0 Å². The van der Waals surface area contributed by atoms with E-state index in [1.807, 2.05) is 30.6 Å². The maximum Gasteiger partial charge on any atom is 0.150 e. The molecule has 112 valence electrons. The Morgan fingerprint density at radius 1 is 1.14 bits per heavy atom. The van der Waals surface area contributed by atoms with Crippen molar-refractivity contribution in [1.82, 2.24) is 25.1 Å². The zero-order chi connectivity index (χ0) is 15.4. The molecule has 0 aromatic carbocycles. The Bertz CT molecular complexity index is 716. The first-order valence-corrected chi connectivity index (χ1v) is 7.46. The number of aromatic amines is 1. The Kier molecular flexibility index (Phi) is 4.23. The molecule has 0 fully saturated rings. The molecular weight excluding hydrogens is 274 g/mol. The van der Waals surface area contributed by atoms with Gasteiger partial charge >= 0.3 is 0 Å². The van der Waals surface area contributed by atoms with Crippen LogP contribution in [0.25, 0.3) is 11.3 Å². The fourth-order valence-electron chi connectivity index (χ4n) is 2.28. The normalized spacial score (nSPS) is 11.0. The van der Waals surface area contributed by atoms with Crippen molar-refractivity contribution in [3.8, 4) is 11.3 Å². The van der Waals surface area contributed by atoms with E-state index in [1.165, 1.54) is 0 Å². The van der Waals surface area contributed by atoms with Crippen molar-refractivity contribution in [2.45, 2.75) is 26.7 Å². The van der Waals surface area contributed by atoms with Gasteiger partial charge in [0.1, 0.15) is 5.82 Å². The predicted molar refractivity (Wildman–Crippen MR) is 85.2 cm³/mol. The molecule has 3 rings (SSSR count). The van der Waals surface area contributed by atoms with E-state index in [0.29, 0.717) is 12.3 Å². The minimum atomic E-state index is 0.559. The monoisotopic (exact) mass is 293 g/mol. The Labute approximate surface area is 129 Å². The lowest BCUT2D eigenvalue weighted by Crippen LogP contribution is -1.97. The molecule has 0 bridgehead atoms. The van der Waals surface area contributed by atoms with Gasteiger partial charge in [-0.05, 0) is 29.7 Å². The number of hydrogen-bond donors (Lipinski definition) is 1. The summed E-state index contributed by atoms with van der Waals surface area (Å²) in [4.78, 5) is 13.1. The first-order chi connectivity index (χ1) is 10.7. The number of nitrogens with zero attached hydrogens (tertiary/aromatic N) is 4. The number of aromatic nitrogens is 5. The molecule has 1 N–H and O–H groups in total. The third kappa shape index (κ3) is 3.55. The van der Waals surface area contributed by atoms with Crippen LogP contribution in [0.1, 0.15) is 31.1 Å². The van der Waals surface area contributed by atoms with Crippen LogP contribution in [-0.2, 0) is 12.8 Å². The molecule has 22 heavy (non-hydrogen) atoms. The molecule has 0 saturated carbocycles. The summed E-state index contributed by atoms with van der Waals surface area (Å²) in [6, 6.07) is 8.00. The molecule has 3 heterocycles. The van der Waals surface area contributed by atoms with Crippen LogP contribution in [0.2, 0.25) is 0 Å². The summed E-state index contributed by atoms with van der Waals surface area (Å²) in [5.74, 6) is 2.32. The van der Waals surface area contributed by atoms with E-state index in [0.717, 1.165) is 34.9 Å². The zero-order valence-electron chi connectivity index (χ0n) is 12.8. The van der Waals surface area contributed by atoms with E-state index in [1.54, 1.807) is 6.20 Å². The van der Waals surface area contributed by atoms with Crippen LogP contribution in [0, 0.1) is 5.92 Å². The number of pyridine rings is 2. The molecule has 0 saturated heterocycles. The largest absolute Gasteiger partial charge is 0.264 e. The minimum absolute atomic E-state index is 0.559. The van der Waals surface area contributed by atoms with Gasteiger partial charge in [-0.2, -0.15) is 5.10 Å². The molecule has 3 aromatic heterocycles. The highest BCUT2D eigenvalue weighted by atomic mass is 15.2. The molecule has 0 amide bonds. The maximum atomic E-state index is 4.52. The number of H-pyrrole nitrogens is 1. The van der Waals surface area contributed by atoms with Crippen LogP contribution >= 0.6 is 0 Å². The summed E-state index contributed by atoms with van der Waals surface area (Å²) in [6.07, 6.45) is 7.07. The molecule has 0 spiro atoms. The predicted octanol–water partition coefficient (Wildman–Crippen LogP) is 3.05. The number of nitrogens with one attached hydrogen (secondary N) is 1. The summed E-state index contributed by atoms with van der Waals surface area (Å²) in [5.41, 5.74) is 3.06. The molecule has 5 heteroatoms. The van der Waals surface area contributed by atoms with Crippen LogP contribution in [0.15, 0.2) is 42.9 Å². The highest BCUT2D eigenvalue weighted by Gasteiger charge is 2.07. The van der Waals surface area contributed by atoms with E-state index >= 15 is 0 Å². The summed E-state index contributed by atoms with van der Waals surface area (Å²) in [6.45, 7) is 4.33. The van der Waals surface area contributed by atoms with Gasteiger partial charge in [0, 0.05) is 37.0 Å². The highest BCUT2D eigenvalue weighted by molar-refractivity contribution is 5.57. The molecular formula is C17H19N5. The van der Waals surface area contributed by atoms with Crippen molar-refractivity contribution in [3.05, 3.63) is 60.1 Å². The van der Waals surface area contributed by atoms with Crippen LogP contribution in [0.4, 0.5) is 0 Å². The smallest absolute Gasteiger partial charge is 0.150 e. The van der Waals surface area contributed by atoms with Gasteiger partial charge in [0.15, 0.2) is 5.82 Å².